The zero-order chi connectivity index (χ0) is 19.1. The maximum Gasteiger partial charge on any atom is 0.273 e. The minimum Gasteiger partial charge on any atom is -0.496 e. The number of benzene rings is 2. The Morgan fingerprint density at radius 2 is 1.81 bits per heavy atom. The van der Waals surface area contributed by atoms with E-state index in [1.165, 1.54) is 4.52 Å². The van der Waals surface area contributed by atoms with E-state index in [1.807, 2.05) is 44.2 Å². The molecule has 27 heavy (non-hydrogen) atoms. The number of ether oxygens (including phenoxy) is 1. The van der Waals surface area contributed by atoms with E-state index in [2.05, 4.69) is 24.2 Å². The normalized spacial score (nSPS) is 11.1. The van der Waals surface area contributed by atoms with Gasteiger partial charge in [0.2, 0.25) is 0 Å². The molecule has 0 spiro atoms. The number of fused-ring (bicyclic) bond motifs is 1. The van der Waals surface area contributed by atoms with Crippen LogP contribution in [0.4, 0.5) is 0 Å². The monoisotopic (exact) mass is 359 g/mol. The molecule has 2 aromatic heterocycles. The van der Waals surface area contributed by atoms with Crippen LogP contribution in [-0.2, 0) is 0 Å². The van der Waals surface area contributed by atoms with Crippen LogP contribution >= 0.6 is 0 Å². The Balaban J connectivity index is 1.96. The summed E-state index contributed by atoms with van der Waals surface area (Å²) in [7, 11) is 1.65. The minimum atomic E-state index is -0.134. The lowest BCUT2D eigenvalue weighted by atomic mass is 10.0. The number of H-pyrrole nitrogens is 1. The van der Waals surface area contributed by atoms with Gasteiger partial charge < -0.3 is 4.74 Å². The fourth-order valence-electron chi connectivity index (χ4n) is 3.48. The number of rotatable bonds is 3. The molecule has 4 aromatic rings. The van der Waals surface area contributed by atoms with Crippen molar-refractivity contribution in [3.05, 3.63) is 75.7 Å². The maximum absolute atomic E-state index is 12.7. The van der Waals surface area contributed by atoms with Crippen LogP contribution in [0.15, 0.2) is 53.3 Å². The van der Waals surface area contributed by atoms with Crippen molar-refractivity contribution in [3.8, 4) is 28.1 Å². The van der Waals surface area contributed by atoms with Gasteiger partial charge in [0.1, 0.15) is 5.75 Å². The van der Waals surface area contributed by atoms with Gasteiger partial charge in [-0.25, -0.2) is 9.50 Å². The van der Waals surface area contributed by atoms with Crippen LogP contribution in [0.25, 0.3) is 28.0 Å². The largest absolute Gasteiger partial charge is 0.496 e. The molecular weight excluding hydrogens is 338 g/mol. The van der Waals surface area contributed by atoms with Crippen molar-refractivity contribution in [1.82, 2.24) is 14.6 Å². The van der Waals surface area contributed by atoms with Gasteiger partial charge >= 0.3 is 0 Å². The molecule has 0 bridgehead atoms. The van der Waals surface area contributed by atoms with Gasteiger partial charge in [-0.05, 0) is 50.1 Å². The Morgan fingerprint density at radius 3 is 2.52 bits per heavy atom. The van der Waals surface area contributed by atoms with Crippen LogP contribution in [-0.4, -0.2) is 21.7 Å². The van der Waals surface area contributed by atoms with Gasteiger partial charge in [0.25, 0.3) is 5.56 Å². The third-order valence-corrected chi connectivity index (χ3v) is 4.79. The van der Waals surface area contributed by atoms with Gasteiger partial charge in [-0.1, -0.05) is 29.8 Å². The molecule has 0 saturated heterocycles. The van der Waals surface area contributed by atoms with Crippen molar-refractivity contribution >= 4 is 5.65 Å². The second kappa shape index (κ2) is 6.43. The zero-order valence-corrected chi connectivity index (χ0v) is 15.8. The number of hydrogen-bond donors (Lipinski definition) is 1. The Labute approximate surface area is 157 Å². The molecule has 0 amide bonds. The smallest absolute Gasteiger partial charge is 0.273 e. The SMILES string of the molecule is COc1ccc(-c2cc(=O)n3[nH]c(C)c(-c4cccc(C)c4)c3n2)cc1C. The lowest BCUT2D eigenvalue weighted by Gasteiger charge is -2.08. The first-order valence-electron chi connectivity index (χ1n) is 8.82. The van der Waals surface area contributed by atoms with Crippen LogP contribution in [0.1, 0.15) is 16.8 Å². The first-order valence-corrected chi connectivity index (χ1v) is 8.82. The molecule has 0 aliphatic heterocycles. The quantitative estimate of drug-likeness (QED) is 0.594. The third kappa shape index (κ3) is 2.91. The van der Waals surface area contributed by atoms with Crippen molar-refractivity contribution in [2.75, 3.05) is 7.11 Å². The number of hydrogen-bond acceptors (Lipinski definition) is 3. The van der Waals surface area contributed by atoms with Crippen molar-refractivity contribution in [2.24, 2.45) is 0 Å². The molecule has 0 radical (unpaired) electrons. The summed E-state index contributed by atoms with van der Waals surface area (Å²) in [6, 6.07) is 15.6. The van der Waals surface area contributed by atoms with Crippen LogP contribution in [0.3, 0.4) is 0 Å². The van der Waals surface area contributed by atoms with Crippen LogP contribution in [0.5, 0.6) is 5.75 Å². The van der Waals surface area contributed by atoms with E-state index in [9.17, 15) is 4.79 Å². The van der Waals surface area contributed by atoms with Crippen molar-refractivity contribution in [3.63, 3.8) is 0 Å². The molecule has 136 valence electrons. The topological polar surface area (TPSA) is 59.4 Å². The van der Waals surface area contributed by atoms with E-state index < -0.39 is 0 Å². The van der Waals surface area contributed by atoms with E-state index in [-0.39, 0.29) is 5.56 Å². The Morgan fingerprint density at radius 1 is 1.00 bits per heavy atom. The summed E-state index contributed by atoms with van der Waals surface area (Å²) in [5, 5.41) is 3.14. The van der Waals surface area contributed by atoms with Gasteiger partial charge in [-0.2, -0.15) is 0 Å². The summed E-state index contributed by atoms with van der Waals surface area (Å²) < 4.78 is 6.84. The van der Waals surface area contributed by atoms with E-state index in [4.69, 9.17) is 9.72 Å². The van der Waals surface area contributed by atoms with Crippen molar-refractivity contribution in [2.45, 2.75) is 20.8 Å². The minimum absolute atomic E-state index is 0.134. The van der Waals surface area contributed by atoms with Crippen LogP contribution in [0, 0.1) is 20.8 Å². The fraction of sp³-hybridized carbons (Fsp3) is 0.182. The summed E-state index contributed by atoms with van der Waals surface area (Å²) in [5.74, 6) is 0.814. The number of aromatic amines is 1. The number of aryl methyl sites for hydroxylation is 3. The highest BCUT2D eigenvalue weighted by molar-refractivity contribution is 5.81. The van der Waals surface area contributed by atoms with E-state index in [1.54, 1.807) is 13.2 Å². The van der Waals surface area contributed by atoms with E-state index >= 15 is 0 Å². The van der Waals surface area contributed by atoms with Crippen molar-refractivity contribution in [1.29, 1.82) is 0 Å². The Bertz CT molecular complexity index is 1220. The van der Waals surface area contributed by atoms with Gasteiger partial charge in [0, 0.05) is 22.9 Å². The van der Waals surface area contributed by atoms with Gasteiger partial charge in [0.05, 0.1) is 12.8 Å². The van der Waals surface area contributed by atoms with Crippen LogP contribution < -0.4 is 10.3 Å². The summed E-state index contributed by atoms with van der Waals surface area (Å²) in [6.07, 6.45) is 0. The molecule has 0 unspecified atom stereocenters. The van der Waals surface area contributed by atoms with Crippen LogP contribution in [0.2, 0.25) is 0 Å². The second-order valence-electron chi connectivity index (χ2n) is 6.80. The molecular formula is C22H21N3O2. The average Bonchev–Trinajstić information content (AvgIpc) is 2.98. The predicted octanol–water partition coefficient (Wildman–Crippen LogP) is 4.29. The molecule has 0 aliphatic rings. The molecule has 4 rings (SSSR count). The molecule has 0 saturated carbocycles. The average molecular weight is 359 g/mol. The molecule has 2 heterocycles. The molecule has 5 nitrogen and oxygen atoms in total. The van der Waals surface area contributed by atoms with E-state index in [0.717, 1.165) is 39.3 Å². The third-order valence-electron chi connectivity index (χ3n) is 4.79. The van der Waals surface area contributed by atoms with Crippen molar-refractivity contribution < 1.29 is 4.74 Å². The summed E-state index contributed by atoms with van der Waals surface area (Å²) in [4.78, 5) is 17.5. The molecule has 2 aromatic carbocycles. The molecule has 1 N–H and O–H groups in total. The number of aromatic nitrogens is 3. The van der Waals surface area contributed by atoms with Gasteiger partial charge in [0.15, 0.2) is 5.65 Å². The highest BCUT2D eigenvalue weighted by atomic mass is 16.5. The highest BCUT2D eigenvalue weighted by Crippen LogP contribution is 2.29. The second-order valence-corrected chi connectivity index (χ2v) is 6.80. The number of methoxy groups -OCH3 is 1. The molecule has 0 atom stereocenters. The predicted molar refractivity (Wildman–Crippen MR) is 107 cm³/mol. The Kier molecular flexibility index (Phi) is 4.07. The zero-order valence-electron chi connectivity index (χ0n) is 15.8. The molecule has 0 aliphatic carbocycles. The number of nitrogens with zero attached hydrogens (tertiary/aromatic N) is 2. The standard InChI is InChI=1S/C22H21N3O2/c1-13-6-5-7-17(10-13)21-15(3)24-25-20(26)12-18(23-22(21)25)16-8-9-19(27-4)14(2)11-16/h5-12,24H,1-4H3. The van der Waals surface area contributed by atoms with Gasteiger partial charge in [-0.3, -0.25) is 9.89 Å². The lowest BCUT2D eigenvalue weighted by Crippen LogP contribution is -2.14. The summed E-state index contributed by atoms with van der Waals surface area (Å²) >= 11 is 0. The first-order chi connectivity index (χ1) is 13.0. The first kappa shape index (κ1) is 17.1. The fourth-order valence-corrected chi connectivity index (χ4v) is 3.48. The highest BCUT2D eigenvalue weighted by Gasteiger charge is 2.15. The van der Waals surface area contributed by atoms with E-state index in [0.29, 0.717) is 11.3 Å². The maximum atomic E-state index is 12.7. The summed E-state index contributed by atoms with van der Waals surface area (Å²) in [6.45, 7) is 5.99. The molecule has 5 heteroatoms. The molecule has 0 fully saturated rings. The number of nitrogens with one attached hydrogen (secondary N) is 1. The van der Waals surface area contributed by atoms with Gasteiger partial charge in [-0.15, -0.1) is 0 Å². The lowest BCUT2D eigenvalue weighted by molar-refractivity contribution is 0.412. The Hall–Kier alpha value is -3.34. The summed E-state index contributed by atoms with van der Waals surface area (Å²) in [5.41, 5.74) is 7.11.